The number of aryl methyl sites for hydroxylation is 2. The summed E-state index contributed by atoms with van der Waals surface area (Å²) in [6, 6.07) is 22.5. The van der Waals surface area contributed by atoms with Gasteiger partial charge in [0.1, 0.15) is 10.6 Å². The van der Waals surface area contributed by atoms with Gasteiger partial charge in [0.25, 0.3) is 10.1 Å². The molecule has 0 heterocycles. The fraction of sp³-hybridized carbons (Fsp3) is 0.250. The molecule has 0 saturated carbocycles. The van der Waals surface area contributed by atoms with Crippen LogP contribution in [-0.4, -0.2) is 39.3 Å². The number of methoxy groups -OCH3 is 1. The van der Waals surface area contributed by atoms with Gasteiger partial charge in [0, 0.05) is 16.7 Å². The third kappa shape index (κ3) is 6.17. The van der Waals surface area contributed by atoms with Crippen molar-refractivity contribution in [2.24, 2.45) is 0 Å². The van der Waals surface area contributed by atoms with Gasteiger partial charge in [0.05, 0.1) is 13.7 Å². The summed E-state index contributed by atoms with van der Waals surface area (Å²) in [5.74, 6) is 0.479. The van der Waals surface area contributed by atoms with Crippen molar-refractivity contribution >= 4 is 10.1 Å². The zero-order valence-electron chi connectivity index (χ0n) is 22.7. The van der Waals surface area contributed by atoms with Crippen LogP contribution in [0.2, 0.25) is 0 Å². The molecule has 0 fully saturated rings. The van der Waals surface area contributed by atoms with E-state index in [9.17, 15) is 26.1 Å². The monoisotopic (exact) mass is 581 g/mol. The van der Waals surface area contributed by atoms with Gasteiger partial charge in [-0.05, 0) is 84.3 Å². The van der Waals surface area contributed by atoms with E-state index in [1.54, 1.807) is 6.07 Å². The Kier molecular flexibility index (Phi) is 7.96. The Morgan fingerprint density at radius 2 is 1.66 bits per heavy atom. The Morgan fingerprint density at radius 1 is 0.927 bits per heavy atom. The van der Waals surface area contributed by atoms with E-state index in [2.05, 4.69) is 5.32 Å². The molecule has 0 amide bonds. The summed E-state index contributed by atoms with van der Waals surface area (Å²) in [6.07, 6.45) is -2.68. The quantitative estimate of drug-likeness (QED) is 0.142. The zero-order valence-corrected chi connectivity index (χ0v) is 23.5. The second-order valence-electron chi connectivity index (χ2n) is 10.3. The van der Waals surface area contributed by atoms with Gasteiger partial charge in [-0.1, -0.05) is 60.2 Å². The van der Waals surface area contributed by atoms with Crippen molar-refractivity contribution in [1.29, 1.82) is 0 Å². The van der Waals surface area contributed by atoms with E-state index in [0.29, 0.717) is 47.3 Å². The molecule has 0 unspecified atom stereocenters. The predicted molar refractivity (Wildman–Crippen MR) is 154 cm³/mol. The summed E-state index contributed by atoms with van der Waals surface area (Å²) in [5.41, 5.74) is 7.51. The first kappa shape index (κ1) is 28.9. The smallest absolute Gasteiger partial charge is 0.401 e. The third-order valence-electron chi connectivity index (χ3n) is 7.35. The van der Waals surface area contributed by atoms with Crippen LogP contribution in [0.1, 0.15) is 28.7 Å². The van der Waals surface area contributed by atoms with Gasteiger partial charge in [0.2, 0.25) is 0 Å². The summed E-state index contributed by atoms with van der Waals surface area (Å²) in [4.78, 5) is -0.183. The van der Waals surface area contributed by atoms with E-state index in [1.807, 2.05) is 73.7 Å². The SMILES string of the molecule is COc1ccc(C)cc1-c1cc2c(c(-c3ccc(CCCNCC(F)(F)F)cc3)c1S(=O)(=O)O)Cc1ccccc1-2. The maximum Gasteiger partial charge on any atom is 0.401 e. The molecule has 0 aromatic heterocycles. The van der Waals surface area contributed by atoms with Crippen LogP contribution in [0.3, 0.4) is 0 Å². The van der Waals surface area contributed by atoms with E-state index in [1.165, 1.54) is 7.11 Å². The average Bonchev–Trinajstić information content (AvgIpc) is 3.29. The largest absolute Gasteiger partial charge is 0.496 e. The second-order valence-corrected chi connectivity index (χ2v) is 11.6. The number of alkyl halides is 3. The molecule has 0 radical (unpaired) electrons. The Labute approximate surface area is 237 Å². The van der Waals surface area contributed by atoms with E-state index in [0.717, 1.165) is 33.4 Å². The lowest BCUT2D eigenvalue weighted by Crippen LogP contribution is -2.29. The van der Waals surface area contributed by atoms with Crippen LogP contribution in [0.15, 0.2) is 77.7 Å². The van der Waals surface area contributed by atoms with Crippen molar-refractivity contribution in [2.75, 3.05) is 20.2 Å². The van der Waals surface area contributed by atoms with Crippen LogP contribution < -0.4 is 10.1 Å². The van der Waals surface area contributed by atoms with Crippen molar-refractivity contribution < 1.29 is 30.9 Å². The van der Waals surface area contributed by atoms with Crippen LogP contribution >= 0.6 is 0 Å². The third-order valence-corrected chi connectivity index (χ3v) is 8.29. The molecule has 9 heteroatoms. The molecular weight excluding hydrogens is 551 g/mol. The van der Waals surface area contributed by atoms with E-state index in [4.69, 9.17) is 4.74 Å². The van der Waals surface area contributed by atoms with Gasteiger partial charge in [-0.2, -0.15) is 21.6 Å². The fourth-order valence-corrected chi connectivity index (χ4v) is 6.49. The molecule has 5 rings (SSSR count). The number of rotatable bonds is 9. The van der Waals surface area contributed by atoms with Crippen LogP contribution in [0.5, 0.6) is 5.75 Å². The van der Waals surface area contributed by atoms with Crippen LogP contribution in [-0.2, 0) is 23.0 Å². The van der Waals surface area contributed by atoms with E-state index < -0.39 is 22.8 Å². The second kappa shape index (κ2) is 11.3. The first-order chi connectivity index (χ1) is 19.5. The number of ether oxygens (including phenoxy) is 1. The number of hydrogen-bond acceptors (Lipinski definition) is 4. The van der Waals surface area contributed by atoms with Gasteiger partial charge in [0.15, 0.2) is 0 Å². The molecule has 2 N–H and O–H groups in total. The highest BCUT2D eigenvalue weighted by Crippen LogP contribution is 2.49. The van der Waals surface area contributed by atoms with Crippen molar-refractivity contribution in [3.63, 3.8) is 0 Å². The van der Waals surface area contributed by atoms with Crippen LogP contribution in [0.25, 0.3) is 33.4 Å². The normalized spacial score (nSPS) is 12.7. The molecule has 1 aliphatic carbocycles. The fourth-order valence-electron chi connectivity index (χ4n) is 5.55. The summed E-state index contributed by atoms with van der Waals surface area (Å²) < 4.78 is 79.7. The molecule has 5 nitrogen and oxygen atoms in total. The lowest BCUT2D eigenvalue weighted by Gasteiger charge is -2.20. The number of hydrogen-bond donors (Lipinski definition) is 2. The molecule has 4 aromatic rings. The maximum atomic E-state index is 13.1. The standard InChI is InChI=1S/C32H30F3NO4S/c1-20-9-14-29(40-2)26(16-20)28-18-25-24-8-4-3-7-23(24)17-27(25)30(31(28)41(37,38)39)22-12-10-21(11-13-22)6-5-15-36-19-32(33,34)35/h3-4,7-14,16,18,36H,5-6,15,17,19H2,1-2H3,(H,37,38,39). The lowest BCUT2D eigenvalue weighted by molar-refractivity contribution is -0.124. The van der Waals surface area contributed by atoms with Crippen LogP contribution in [0.4, 0.5) is 13.2 Å². The molecule has 0 spiro atoms. The number of nitrogens with one attached hydrogen (secondary N) is 1. The van der Waals surface area contributed by atoms with Gasteiger partial charge >= 0.3 is 6.18 Å². The Balaban J connectivity index is 1.63. The van der Waals surface area contributed by atoms with Gasteiger partial charge in [-0.25, -0.2) is 0 Å². The highest BCUT2D eigenvalue weighted by atomic mass is 32.2. The van der Waals surface area contributed by atoms with Gasteiger partial charge < -0.3 is 10.1 Å². The summed E-state index contributed by atoms with van der Waals surface area (Å²) in [6.45, 7) is 1.09. The Morgan fingerprint density at radius 3 is 2.34 bits per heavy atom. The zero-order chi connectivity index (χ0) is 29.4. The number of benzene rings is 4. The highest BCUT2D eigenvalue weighted by Gasteiger charge is 2.32. The Bertz CT molecular complexity index is 1700. The molecule has 0 bridgehead atoms. The molecule has 1 aliphatic rings. The topological polar surface area (TPSA) is 75.6 Å². The maximum absolute atomic E-state index is 13.1. The van der Waals surface area contributed by atoms with Crippen molar-refractivity contribution in [3.8, 4) is 39.1 Å². The number of fused-ring (bicyclic) bond motifs is 3. The number of halogens is 3. The van der Waals surface area contributed by atoms with Gasteiger partial charge in [-0.15, -0.1) is 0 Å². The molecule has 0 atom stereocenters. The van der Waals surface area contributed by atoms with Crippen molar-refractivity contribution in [1.82, 2.24) is 5.32 Å². The molecule has 41 heavy (non-hydrogen) atoms. The molecular formula is C32H30F3NO4S. The Hall–Kier alpha value is -3.66. The van der Waals surface area contributed by atoms with Gasteiger partial charge in [-0.3, -0.25) is 4.55 Å². The van der Waals surface area contributed by atoms with Crippen LogP contribution in [0, 0.1) is 6.92 Å². The molecule has 214 valence electrons. The van der Waals surface area contributed by atoms with E-state index >= 15 is 0 Å². The molecule has 0 saturated heterocycles. The predicted octanol–water partition coefficient (Wildman–Crippen LogP) is 7.24. The minimum absolute atomic E-state index is 0.183. The molecule has 4 aromatic carbocycles. The molecule has 0 aliphatic heterocycles. The first-order valence-corrected chi connectivity index (χ1v) is 14.7. The summed E-state index contributed by atoms with van der Waals surface area (Å²) >= 11 is 0. The van der Waals surface area contributed by atoms with E-state index in [-0.39, 0.29) is 11.4 Å². The minimum atomic E-state index is -4.71. The summed E-state index contributed by atoms with van der Waals surface area (Å²) in [7, 11) is -3.19. The summed E-state index contributed by atoms with van der Waals surface area (Å²) in [5, 5.41) is 2.40. The first-order valence-electron chi connectivity index (χ1n) is 13.2. The lowest BCUT2D eigenvalue weighted by atomic mass is 9.89. The van der Waals surface area contributed by atoms with Crippen molar-refractivity contribution in [3.05, 3.63) is 95.1 Å². The highest BCUT2D eigenvalue weighted by molar-refractivity contribution is 7.86. The average molecular weight is 582 g/mol. The van der Waals surface area contributed by atoms with Crippen molar-refractivity contribution in [2.45, 2.75) is 37.3 Å². The minimum Gasteiger partial charge on any atom is -0.496 e.